The standard InChI is InChI=1S/C23H19ClN2O2/c24-20(18-12-6-2-7-13-18)21(26-22(27)19-14-8-3-9-15-19)23(28)25-16-17-10-4-1-5-11-17/h1-15H,16H2,(H,25,28)(H,26,27). The van der Waals surface area contributed by atoms with Crippen molar-refractivity contribution in [3.8, 4) is 0 Å². The monoisotopic (exact) mass is 390 g/mol. The first kappa shape index (κ1) is 19.4. The van der Waals surface area contributed by atoms with Crippen LogP contribution in [-0.4, -0.2) is 11.8 Å². The van der Waals surface area contributed by atoms with Crippen LogP contribution in [-0.2, 0) is 11.3 Å². The zero-order chi connectivity index (χ0) is 19.8. The van der Waals surface area contributed by atoms with E-state index in [-0.39, 0.29) is 10.7 Å². The molecule has 0 radical (unpaired) electrons. The van der Waals surface area contributed by atoms with Crippen LogP contribution in [0.1, 0.15) is 21.5 Å². The van der Waals surface area contributed by atoms with Gasteiger partial charge in [-0.05, 0) is 23.3 Å². The van der Waals surface area contributed by atoms with Gasteiger partial charge in [0, 0.05) is 12.1 Å². The summed E-state index contributed by atoms with van der Waals surface area (Å²) < 4.78 is 0. The van der Waals surface area contributed by atoms with Crippen LogP contribution in [0.4, 0.5) is 0 Å². The maximum absolute atomic E-state index is 12.8. The van der Waals surface area contributed by atoms with Crippen molar-refractivity contribution >= 4 is 28.4 Å². The molecule has 2 N–H and O–H groups in total. The molecule has 28 heavy (non-hydrogen) atoms. The van der Waals surface area contributed by atoms with E-state index in [1.165, 1.54) is 0 Å². The van der Waals surface area contributed by atoms with E-state index in [0.29, 0.717) is 17.7 Å². The van der Waals surface area contributed by atoms with Gasteiger partial charge in [0.1, 0.15) is 5.70 Å². The number of hydrogen-bond donors (Lipinski definition) is 2. The Bertz CT molecular complexity index is 971. The molecular weight excluding hydrogens is 372 g/mol. The summed E-state index contributed by atoms with van der Waals surface area (Å²) in [5.74, 6) is -0.860. The van der Waals surface area contributed by atoms with Gasteiger partial charge >= 0.3 is 0 Å². The summed E-state index contributed by atoms with van der Waals surface area (Å²) >= 11 is 6.48. The maximum Gasteiger partial charge on any atom is 0.269 e. The van der Waals surface area contributed by atoms with E-state index in [1.807, 2.05) is 54.6 Å². The van der Waals surface area contributed by atoms with Crippen LogP contribution in [0.5, 0.6) is 0 Å². The number of nitrogens with one attached hydrogen (secondary N) is 2. The van der Waals surface area contributed by atoms with Gasteiger partial charge in [0.05, 0.1) is 5.03 Å². The van der Waals surface area contributed by atoms with Crippen LogP contribution in [0.3, 0.4) is 0 Å². The third-order valence-corrected chi connectivity index (χ3v) is 4.45. The van der Waals surface area contributed by atoms with Gasteiger partial charge in [0.2, 0.25) is 0 Å². The molecule has 3 aromatic carbocycles. The molecule has 0 heterocycles. The number of carbonyl (C=O) groups is 2. The smallest absolute Gasteiger partial charge is 0.269 e. The largest absolute Gasteiger partial charge is 0.347 e. The normalized spacial score (nSPS) is 11.3. The highest BCUT2D eigenvalue weighted by Gasteiger charge is 2.19. The first-order valence-electron chi connectivity index (χ1n) is 8.79. The fourth-order valence-electron chi connectivity index (χ4n) is 2.58. The van der Waals surface area contributed by atoms with E-state index < -0.39 is 11.8 Å². The first-order chi connectivity index (χ1) is 13.6. The zero-order valence-corrected chi connectivity index (χ0v) is 15.8. The molecule has 0 aliphatic rings. The molecule has 3 rings (SSSR count). The number of hydrogen-bond acceptors (Lipinski definition) is 2. The second-order valence-electron chi connectivity index (χ2n) is 6.04. The predicted molar refractivity (Wildman–Crippen MR) is 111 cm³/mol. The molecule has 0 aliphatic carbocycles. The Labute approximate surface area is 168 Å². The summed E-state index contributed by atoms with van der Waals surface area (Å²) in [6, 6.07) is 27.2. The van der Waals surface area contributed by atoms with Gasteiger partial charge < -0.3 is 10.6 Å². The van der Waals surface area contributed by atoms with Crippen molar-refractivity contribution in [1.29, 1.82) is 0 Å². The van der Waals surface area contributed by atoms with E-state index >= 15 is 0 Å². The minimum atomic E-state index is -0.456. The van der Waals surface area contributed by atoms with Crippen molar-refractivity contribution in [1.82, 2.24) is 10.6 Å². The molecule has 0 saturated heterocycles. The van der Waals surface area contributed by atoms with E-state index in [4.69, 9.17) is 11.6 Å². The van der Waals surface area contributed by atoms with Crippen LogP contribution in [0, 0.1) is 0 Å². The topological polar surface area (TPSA) is 58.2 Å². The molecule has 0 bridgehead atoms. The molecule has 4 nitrogen and oxygen atoms in total. The molecule has 0 atom stereocenters. The molecule has 5 heteroatoms. The van der Waals surface area contributed by atoms with Gasteiger partial charge in [0.15, 0.2) is 0 Å². The first-order valence-corrected chi connectivity index (χ1v) is 9.16. The molecule has 0 spiro atoms. The predicted octanol–water partition coefficient (Wildman–Crippen LogP) is 4.34. The Morgan fingerprint density at radius 1 is 0.714 bits per heavy atom. The maximum atomic E-state index is 12.8. The lowest BCUT2D eigenvalue weighted by atomic mass is 10.1. The molecule has 140 valence electrons. The van der Waals surface area contributed by atoms with Crippen molar-refractivity contribution in [3.63, 3.8) is 0 Å². The Kier molecular flexibility index (Phi) is 6.60. The average molecular weight is 391 g/mol. The number of halogens is 1. The van der Waals surface area contributed by atoms with Crippen LogP contribution < -0.4 is 10.6 Å². The zero-order valence-electron chi connectivity index (χ0n) is 15.1. The van der Waals surface area contributed by atoms with Gasteiger partial charge in [-0.3, -0.25) is 9.59 Å². The second-order valence-corrected chi connectivity index (χ2v) is 6.42. The third kappa shape index (κ3) is 5.09. The third-order valence-electron chi connectivity index (χ3n) is 4.04. The van der Waals surface area contributed by atoms with Gasteiger partial charge in [-0.15, -0.1) is 0 Å². The fourth-order valence-corrected chi connectivity index (χ4v) is 2.84. The van der Waals surface area contributed by atoms with Crippen molar-refractivity contribution in [2.45, 2.75) is 6.54 Å². The lowest BCUT2D eigenvalue weighted by Crippen LogP contribution is -2.35. The van der Waals surface area contributed by atoms with Crippen LogP contribution >= 0.6 is 11.6 Å². The molecule has 0 aromatic heterocycles. The number of benzene rings is 3. The summed E-state index contributed by atoms with van der Waals surface area (Å²) in [5.41, 5.74) is 2.04. The highest BCUT2D eigenvalue weighted by atomic mass is 35.5. The molecule has 0 fully saturated rings. The second kappa shape index (κ2) is 9.53. The fraction of sp³-hybridized carbons (Fsp3) is 0.0435. The Morgan fingerprint density at radius 2 is 1.21 bits per heavy atom. The van der Waals surface area contributed by atoms with Gasteiger partial charge in [0.25, 0.3) is 11.8 Å². The van der Waals surface area contributed by atoms with Gasteiger partial charge in [-0.25, -0.2) is 0 Å². The van der Waals surface area contributed by atoms with Crippen LogP contribution in [0.25, 0.3) is 5.03 Å². The van der Waals surface area contributed by atoms with E-state index in [1.54, 1.807) is 36.4 Å². The molecule has 0 unspecified atom stereocenters. The van der Waals surface area contributed by atoms with Crippen molar-refractivity contribution in [2.75, 3.05) is 0 Å². The molecule has 0 saturated carbocycles. The number of amides is 2. The van der Waals surface area contributed by atoms with Gasteiger partial charge in [-0.1, -0.05) is 90.5 Å². The summed E-state index contributed by atoms with van der Waals surface area (Å²) in [6.07, 6.45) is 0. The quantitative estimate of drug-likeness (QED) is 0.615. The van der Waals surface area contributed by atoms with E-state index in [2.05, 4.69) is 10.6 Å². The minimum absolute atomic E-state index is 0.0117. The van der Waals surface area contributed by atoms with E-state index in [9.17, 15) is 9.59 Å². The highest BCUT2D eigenvalue weighted by Crippen LogP contribution is 2.22. The Morgan fingerprint density at radius 3 is 1.79 bits per heavy atom. The lowest BCUT2D eigenvalue weighted by Gasteiger charge is -2.13. The molecule has 0 aliphatic heterocycles. The van der Waals surface area contributed by atoms with Gasteiger partial charge in [-0.2, -0.15) is 0 Å². The lowest BCUT2D eigenvalue weighted by molar-refractivity contribution is -0.117. The minimum Gasteiger partial charge on any atom is -0.347 e. The average Bonchev–Trinajstić information content (AvgIpc) is 2.77. The number of rotatable bonds is 6. The number of carbonyl (C=O) groups excluding carboxylic acids is 2. The van der Waals surface area contributed by atoms with Crippen LogP contribution in [0.2, 0.25) is 0 Å². The molecule has 2 amide bonds. The van der Waals surface area contributed by atoms with E-state index in [0.717, 1.165) is 5.56 Å². The van der Waals surface area contributed by atoms with Crippen molar-refractivity contribution in [3.05, 3.63) is 113 Å². The molecule has 3 aromatic rings. The highest BCUT2D eigenvalue weighted by molar-refractivity contribution is 6.51. The Balaban J connectivity index is 1.86. The summed E-state index contributed by atoms with van der Waals surface area (Å²) in [5, 5.41) is 5.65. The SMILES string of the molecule is O=C(NCc1ccccc1)C(NC(=O)c1ccccc1)=C(Cl)c1ccccc1. The summed E-state index contributed by atoms with van der Waals surface area (Å²) in [7, 11) is 0. The molecular formula is C23H19ClN2O2. The summed E-state index contributed by atoms with van der Waals surface area (Å²) in [4.78, 5) is 25.4. The van der Waals surface area contributed by atoms with Crippen LogP contribution in [0.15, 0.2) is 96.7 Å². The summed E-state index contributed by atoms with van der Waals surface area (Å²) in [6.45, 7) is 0.323. The van der Waals surface area contributed by atoms with Crippen molar-refractivity contribution in [2.24, 2.45) is 0 Å². The van der Waals surface area contributed by atoms with Crippen molar-refractivity contribution < 1.29 is 9.59 Å². The Hall–Kier alpha value is -3.37.